The van der Waals surface area contributed by atoms with Crippen molar-refractivity contribution in [3.63, 3.8) is 0 Å². The Kier molecular flexibility index (Phi) is 4.86. The van der Waals surface area contributed by atoms with Crippen LogP contribution in [0, 0.1) is 0 Å². The zero-order valence-electron chi connectivity index (χ0n) is 7.17. The summed E-state index contributed by atoms with van der Waals surface area (Å²) < 4.78 is 17.5. The quantitative estimate of drug-likeness (QED) is 0.637. The number of rotatable bonds is 4. The first-order valence-electron chi connectivity index (χ1n) is 3.74. The molecular formula is C8H15FO2. The molecule has 0 radical (unpaired) electrons. The molecule has 0 aliphatic heterocycles. The van der Waals surface area contributed by atoms with E-state index in [2.05, 4.69) is 0 Å². The maximum Gasteiger partial charge on any atom is 0.141 e. The fourth-order valence-electron chi connectivity index (χ4n) is 0.732. The largest absolute Gasteiger partial charge is 0.496 e. The van der Waals surface area contributed by atoms with E-state index in [1.165, 1.54) is 6.92 Å². The Morgan fingerprint density at radius 3 is 2.55 bits per heavy atom. The Balaban J connectivity index is 4.04. The smallest absolute Gasteiger partial charge is 0.141 e. The molecule has 66 valence electrons. The molecule has 11 heavy (non-hydrogen) atoms. The summed E-state index contributed by atoms with van der Waals surface area (Å²) >= 11 is 0. The molecule has 0 saturated carbocycles. The molecular weight excluding hydrogens is 147 g/mol. The van der Waals surface area contributed by atoms with Crippen molar-refractivity contribution in [3.05, 3.63) is 11.8 Å². The molecule has 0 saturated heterocycles. The van der Waals surface area contributed by atoms with Crippen LogP contribution in [-0.4, -0.2) is 24.0 Å². The molecule has 0 aromatic carbocycles. The van der Waals surface area contributed by atoms with E-state index < -0.39 is 12.3 Å². The predicted molar refractivity (Wildman–Crippen MR) is 42.0 cm³/mol. The molecule has 2 atom stereocenters. The zero-order chi connectivity index (χ0) is 8.85. The van der Waals surface area contributed by atoms with Gasteiger partial charge < -0.3 is 9.84 Å². The second kappa shape index (κ2) is 5.13. The van der Waals surface area contributed by atoms with E-state index in [4.69, 9.17) is 9.84 Å². The van der Waals surface area contributed by atoms with Crippen LogP contribution in [0.25, 0.3) is 0 Å². The Morgan fingerprint density at radius 2 is 2.27 bits per heavy atom. The van der Waals surface area contributed by atoms with Gasteiger partial charge in [-0.25, -0.2) is 4.39 Å². The molecule has 0 aromatic heterocycles. The van der Waals surface area contributed by atoms with Crippen molar-refractivity contribution in [2.75, 3.05) is 6.61 Å². The summed E-state index contributed by atoms with van der Waals surface area (Å²) in [6, 6.07) is 0. The number of halogens is 1. The Hall–Kier alpha value is -0.570. The minimum Gasteiger partial charge on any atom is -0.496 e. The van der Waals surface area contributed by atoms with E-state index in [0.29, 0.717) is 12.4 Å². The summed E-state index contributed by atoms with van der Waals surface area (Å²) in [4.78, 5) is 0. The van der Waals surface area contributed by atoms with Gasteiger partial charge in [0.15, 0.2) is 0 Å². The van der Waals surface area contributed by atoms with Crippen molar-refractivity contribution in [2.24, 2.45) is 0 Å². The van der Waals surface area contributed by atoms with Gasteiger partial charge in [0.1, 0.15) is 18.0 Å². The Morgan fingerprint density at radius 1 is 1.73 bits per heavy atom. The second-order valence-electron chi connectivity index (χ2n) is 2.25. The van der Waals surface area contributed by atoms with Gasteiger partial charge in [-0.15, -0.1) is 0 Å². The van der Waals surface area contributed by atoms with Crippen molar-refractivity contribution in [3.8, 4) is 0 Å². The van der Waals surface area contributed by atoms with Gasteiger partial charge in [0, 0.05) is 0 Å². The number of ether oxygens (including phenoxy) is 1. The van der Waals surface area contributed by atoms with Crippen LogP contribution in [-0.2, 0) is 4.74 Å². The molecule has 2 nitrogen and oxygen atoms in total. The normalized spacial score (nSPS) is 17.7. The topological polar surface area (TPSA) is 29.5 Å². The van der Waals surface area contributed by atoms with E-state index in [-0.39, 0.29) is 0 Å². The highest BCUT2D eigenvalue weighted by atomic mass is 19.1. The Bertz CT molecular complexity index is 132. The minimum atomic E-state index is -1.28. The van der Waals surface area contributed by atoms with E-state index in [1.54, 1.807) is 19.9 Å². The molecule has 0 amide bonds. The molecule has 0 aliphatic rings. The minimum absolute atomic E-state index is 0.308. The summed E-state index contributed by atoms with van der Waals surface area (Å²) in [5.41, 5.74) is 0. The van der Waals surface area contributed by atoms with Crippen LogP contribution in [0.1, 0.15) is 20.8 Å². The number of aliphatic hydroxyl groups excluding tert-OH is 1. The Labute approximate surface area is 66.7 Å². The fourth-order valence-corrected chi connectivity index (χ4v) is 0.732. The van der Waals surface area contributed by atoms with Crippen molar-refractivity contribution in [2.45, 2.75) is 33.0 Å². The molecule has 0 fully saturated rings. The highest BCUT2D eigenvalue weighted by Gasteiger charge is 2.17. The molecule has 0 aromatic rings. The van der Waals surface area contributed by atoms with Crippen LogP contribution in [0.15, 0.2) is 11.8 Å². The van der Waals surface area contributed by atoms with Crippen molar-refractivity contribution in [1.82, 2.24) is 0 Å². The lowest BCUT2D eigenvalue weighted by atomic mass is 10.2. The summed E-state index contributed by atoms with van der Waals surface area (Å²) in [7, 11) is 0. The van der Waals surface area contributed by atoms with Gasteiger partial charge in [-0.05, 0) is 26.8 Å². The lowest BCUT2D eigenvalue weighted by Gasteiger charge is -2.15. The predicted octanol–water partition coefficient (Wildman–Crippen LogP) is 1.65. The monoisotopic (exact) mass is 162 g/mol. The van der Waals surface area contributed by atoms with E-state index in [9.17, 15) is 4.39 Å². The van der Waals surface area contributed by atoms with Crippen molar-refractivity contribution < 1.29 is 14.2 Å². The van der Waals surface area contributed by atoms with E-state index in [1.807, 2.05) is 0 Å². The molecule has 2 unspecified atom stereocenters. The first kappa shape index (κ1) is 10.4. The SMILES string of the molecule is C/C=C(\OCC)C(O)C(C)F. The number of alkyl halides is 1. The maximum absolute atomic E-state index is 12.5. The van der Waals surface area contributed by atoms with Crippen LogP contribution < -0.4 is 0 Å². The van der Waals surface area contributed by atoms with Crippen LogP contribution in [0.2, 0.25) is 0 Å². The number of hydrogen-bond acceptors (Lipinski definition) is 2. The highest BCUT2D eigenvalue weighted by molar-refractivity contribution is 5.00. The molecule has 0 spiro atoms. The van der Waals surface area contributed by atoms with Gasteiger partial charge in [-0.2, -0.15) is 0 Å². The van der Waals surface area contributed by atoms with Crippen LogP contribution >= 0.6 is 0 Å². The van der Waals surface area contributed by atoms with Crippen LogP contribution in [0.3, 0.4) is 0 Å². The lowest BCUT2D eigenvalue weighted by molar-refractivity contribution is 0.0548. The molecule has 0 aliphatic carbocycles. The summed E-state index contributed by atoms with van der Waals surface area (Å²) in [5.74, 6) is 0.308. The van der Waals surface area contributed by atoms with Crippen molar-refractivity contribution >= 4 is 0 Å². The average Bonchev–Trinajstić information content (AvgIpc) is 1.98. The number of aliphatic hydroxyl groups is 1. The van der Waals surface area contributed by atoms with Crippen LogP contribution in [0.4, 0.5) is 4.39 Å². The second-order valence-corrected chi connectivity index (χ2v) is 2.25. The third kappa shape index (κ3) is 3.37. The van der Waals surface area contributed by atoms with Gasteiger partial charge in [-0.1, -0.05) is 0 Å². The average molecular weight is 162 g/mol. The lowest BCUT2D eigenvalue weighted by Crippen LogP contribution is -2.22. The molecule has 1 N–H and O–H groups in total. The third-order valence-corrected chi connectivity index (χ3v) is 1.32. The first-order chi connectivity index (χ1) is 5.13. The third-order valence-electron chi connectivity index (χ3n) is 1.32. The molecule has 0 heterocycles. The standard InChI is InChI=1S/C8H15FO2/c1-4-7(11-5-2)8(10)6(3)9/h4,6,8,10H,5H2,1-3H3/b7-4-. The number of allylic oxidation sites excluding steroid dienone is 1. The zero-order valence-corrected chi connectivity index (χ0v) is 7.17. The maximum atomic E-state index is 12.5. The number of hydrogen-bond donors (Lipinski definition) is 1. The summed E-state index contributed by atoms with van der Waals surface area (Å²) in [6.45, 7) is 5.24. The van der Waals surface area contributed by atoms with E-state index in [0.717, 1.165) is 0 Å². The van der Waals surface area contributed by atoms with Gasteiger partial charge in [0.05, 0.1) is 6.61 Å². The van der Waals surface area contributed by atoms with Crippen molar-refractivity contribution in [1.29, 1.82) is 0 Å². The van der Waals surface area contributed by atoms with Gasteiger partial charge >= 0.3 is 0 Å². The fraction of sp³-hybridized carbons (Fsp3) is 0.750. The van der Waals surface area contributed by atoms with Gasteiger partial charge in [-0.3, -0.25) is 0 Å². The van der Waals surface area contributed by atoms with Gasteiger partial charge in [0.25, 0.3) is 0 Å². The van der Waals surface area contributed by atoms with E-state index >= 15 is 0 Å². The molecule has 3 heteroatoms. The summed E-state index contributed by atoms with van der Waals surface area (Å²) in [6.07, 6.45) is -0.836. The highest BCUT2D eigenvalue weighted by Crippen LogP contribution is 2.10. The van der Waals surface area contributed by atoms with Crippen LogP contribution in [0.5, 0.6) is 0 Å². The molecule has 0 bridgehead atoms. The molecule has 0 rings (SSSR count). The van der Waals surface area contributed by atoms with Gasteiger partial charge in [0.2, 0.25) is 0 Å². The summed E-state index contributed by atoms with van der Waals surface area (Å²) in [5, 5.41) is 9.15. The first-order valence-corrected chi connectivity index (χ1v) is 3.74.